The molecule has 0 spiro atoms. The van der Waals surface area contributed by atoms with Crippen LogP contribution in [0.3, 0.4) is 0 Å². The fourth-order valence-corrected chi connectivity index (χ4v) is 0.226. The number of Topliss-reactive ketones (excluding diaryl/α,β-unsaturated/α-hetero) is 1. The summed E-state index contributed by atoms with van der Waals surface area (Å²) in [5.74, 6) is 3.00. The second kappa shape index (κ2) is 9.69. The number of carbonyl (C=O) groups is 2. The van der Waals surface area contributed by atoms with Gasteiger partial charge < -0.3 is 0 Å². The molecule has 0 N–H and O–H groups in total. The van der Waals surface area contributed by atoms with Crippen molar-refractivity contribution in [1.82, 2.24) is 0 Å². The summed E-state index contributed by atoms with van der Waals surface area (Å²) in [5.41, 5.74) is 0. The summed E-state index contributed by atoms with van der Waals surface area (Å²) in [6.07, 6.45) is -6.83. The Hall–Kier alpha value is -0.861. The summed E-state index contributed by atoms with van der Waals surface area (Å²) in [5, 5.41) is 0. The van der Waals surface area contributed by atoms with Crippen LogP contribution in [0.15, 0.2) is 0 Å². The topological polar surface area (TPSA) is 34.1 Å². The first-order valence-electron chi connectivity index (χ1n) is 3.37. The van der Waals surface area contributed by atoms with Crippen LogP contribution >= 0.6 is 0 Å². The number of alkyl halides is 3. The van der Waals surface area contributed by atoms with E-state index in [4.69, 9.17) is 0 Å². The molecule has 0 aromatic heterocycles. The number of hydrogen-bond donors (Lipinski definition) is 0. The Kier molecular flexibility index (Phi) is 12.7. The normalized spacial score (nSPS) is 8.40. The molecular formula is C8H8CuF4O2. The van der Waals surface area contributed by atoms with Crippen LogP contribution in [0.5, 0.6) is 0 Å². The number of ketones is 1. The Balaban J connectivity index is -0.000000249. The van der Waals surface area contributed by atoms with E-state index in [2.05, 4.69) is 11.8 Å². The van der Waals surface area contributed by atoms with Crippen LogP contribution in [0.1, 0.15) is 20.3 Å². The minimum Gasteiger partial charge on any atom is -0.289 e. The van der Waals surface area contributed by atoms with E-state index in [1.165, 1.54) is 0 Å². The van der Waals surface area contributed by atoms with Gasteiger partial charge in [-0.1, -0.05) is 0 Å². The Morgan fingerprint density at radius 2 is 1.47 bits per heavy atom. The molecule has 0 saturated heterocycles. The summed E-state index contributed by atoms with van der Waals surface area (Å²) in [7, 11) is 0. The smallest absolute Gasteiger partial charge is 0.289 e. The molecule has 0 aliphatic carbocycles. The summed E-state index contributed by atoms with van der Waals surface area (Å²) in [4.78, 5) is 19.0. The molecule has 0 amide bonds. The molecule has 0 bridgehead atoms. The van der Waals surface area contributed by atoms with E-state index in [9.17, 15) is 27.2 Å². The zero-order chi connectivity index (χ0) is 11.8. The van der Waals surface area contributed by atoms with Gasteiger partial charge in [0.25, 0.3) is 0 Å². The first kappa shape index (κ1) is 19.7. The van der Waals surface area contributed by atoms with Gasteiger partial charge in [0.15, 0.2) is 0 Å². The maximum atomic E-state index is 11.1. The van der Waals surface area contributed by atoms with Gasteiger partial charge in [0.2, 0.25) is 5.78 Å². The van der Waals surface area contributed by atoms with Crippen molar-refractivity contribution in [3.63, 3.8) is 0 Å². The van der Waals surface area contributed by atoms with Crippen LogP contribution < -0.4 is 0 Å². The third-order valence-corrected chi connectivity index (χ3v) is 0.866. The standard InChI is InChI=1S/C4H2F4O2.C4H6.Cu/c5-3(10)1-2(9)4(6,7)8;1-3-4-2;/h1H2;1-2H3;. The summed E-state index contributed by atoms with van der Waals surface area (Å²) in [6.45, 7) is 3.64. The minimum atomic E-state index is -5.11. The van der Waals surface area contributed by atoms with Crippen molar-refractivity contribution in [3.05, 3.63) is 0 Å². The van der Waals surface area contributed by atoms with E-state index in [-0.39, 0.29) is 17.1 Å². The Morgan fingerprint density at radius 1 is 1.13 bits per heavy atom. The largest absolute Gasteiger partial charge is 0.450 e. The molecule has 7 heteroatoms. The predicted molar refractivity (Wildman–Crippen MR) is 40.9 cm³/mol. The second-order valence-corrected chi connectivity index (χ2v) is 1.95. The zero-order valence-corrected chi connectivity index (χ0v) is 8.78. The van der Waals surface area contributed by atoms with Crippen LogP contribution in [0.4, 0.5) is 17.6 Å². The minimum absolute atomic E-state index is 0. The van der Waals surface area contributed by atoms with E-state index in [1.54, 1.807) is 0 Å². The average Bonchev–Trinajstić information content (AvgIpc) is 2.02. The molecule has 0 aliphatic heterocycles. The Bertz CT molecular complexity index is 256. The molecule has 0 saturated carbocycles. The van der Waals surface area contributed by atoms with Gasteiger partial charge in [-0.25, -0.2) is 0 Å². The van der Waals surface area contributed by atoms with Gasteiger partial charge >= 0.3 is 12.2 Å². The molecule has 0 aromatic carbocycles. The Labute approximate surface area is 94.9 Å². The Morgan fingerprint density at radius 3 is 1.53 bits per heavy atom. The molecule has 91 valence electrons. The molecule has 0 aliphatic rings. The van der Waals surface area contributed by atoms with Crippen LogP contribution in [0, 0.1) is 11.8 Å². The van der Waals surface area contributed by atoms with Gasteiger partial charge in [-0.3, -0.25) is 9.59 Å². The average molecular weight is 276 g/mol. The number of hydrogen-bond acceptors (Lipinski definition) is 2. The molecule has 15 heavy (non-hydrogen) atoms. The third kappa shape index (κ3) is 15.9. The van der Waals surface area contributed by atoms with E-state index in [0.29, 0.717) is 0 Å². The molecule has 0 rings (SSSR count). The fourth-order valence-electron chi connectivity index (χ4n) is 0.226. The number of halogens is 4. The zero-order valence-electron chi connectivity index (χ0n) is 7.84. The first-order chi connectivity index (χ1) is 6.25. The molecule has 2 nitrogen and oxygen atoms in total. The van der Waals surface area contributed by atoms with Gasteiger partial charge in [-0.15, -0.1) is 11.8 Å². The molecule has 0 fully saturated rings. The molecule has 1 radical (unpaired) electrons. The maximum Gasteiger partial charge on any atom is 0.450 e. The van der Waals surface area contributed by atoms with Crippen molar-refractivity contribution in [2.45, 2.75) is 26.4 Å². The van der Waals surface area contributed by atoms with Crippen molar-refractivity contribution in [1.29, 1.82) is 0 Å². The van der Waals surface area contributed by atoms with Crippen LogP contribution in [0.25, 0.3) is 0 Å². The van der Waals surface area contributed by atoms with Crippen molar-refractivity contribution in [2.24, 2.45) is 0 Å². The second-order valence-electron chi connectivity index (χ2n) is 1.95. The first-order valence-corrected chi connectivity index (χ1v) is 3.37. The molecular weight excluding hydrogens is 268 g/mol. The van der Waals surface area contributed by atoms with Crippen molar-refractivity contribution < 1.29 is 44.2 Å². The predicted octanol–water partition coefficient (Wildman–Crippen LogP) is 2.03. The van der Waals surface area contributed by atoms with Crippen LogP contribution in [-0.2, 0) is 26.7 Å². The number of carbonyl (C=O) groups excluding carboxylic acids is 2. The maximum absolute atomic E-state index is 11.1. The number of rotatable bonds is 2. The van der Waals surface area contributed by atoms with E-state index in [1.807, 2.05) is 13.8 Å². The van der Waals surface area contributed by atoms with Crippen molar-refractivity contribution in [3.8, 4) is 11.8 Å². The summed E-state index contributed by atoms with van der Waals surface area (Å²) in [6, 6.07) is -2.28. The monoisotopic (exact) mass is 275 g/mol. The SMILES string of the molecule is CC#CC.O=C(F)CC(=O)C(F)(F)F.[Cu]. The van der Waals surface area contributed by atoms with Crippen molar-refractivity contribution >= 4 is 11.8 Å². The molecule has 0 unspecified atom stereocenters. The van der Waals surface area contributed by atoms with Gasteiger partial charge in [-0.2, -0.15) is 17.6 Å². The van der Waals surface area contributed by atoms with Crippen molar-refractivity contribution in [2.75, 3.05) is 0 Å². The summed E-state index contributed by atoms with van der Waals surface area (Å²) < 4.78 is 44.5. The van der Waals surface area contributed by atoms with E-state index < -0.39 is 24.4 Å². The quantitative estimate of drug-likeness (QED) is 0.254. The van der Waals surface area contributed by atoms with E-state index >= 15 is 0 Å². The van der Waals surface area contributed by atoms with Gasteiger partial charge in [0.05, 0.1) is 0 Å². The molecule has 0 aromatic rings. The fraction of sp³-hybridized carbons (Fsp3) is 0.500. The molecule has 0 heterocycles. The van der Waals surface area contributed by atoms with Crippen LogP contribution in [0.2, 0.25) is 0 Å². The van der Waals surface area contributed by atoms with Gasteiger partial charge in [-0.05, 0) is 13.8 Å². The van der Waals surface area contributed by atoms with Gasteiger partial charge in [0.1, 0.15) is 6.42 Å². The van der Waals surface area contributed by atoms with Crippen LogP contribution in [-0.4, -0.2) is 18.0 Å². The third-order valence-electron chi connectivity index (χ3n) is 0.866. The van der Waals surface area contributed by atoms with Gasteiger partial charge in [0, 0.05) is 17.1 Å². The summed E-state index contributed by atoms with van der Waals surface area (Å²) >= 11 is 0. The van der Waals surface area contributed by atoms with E-state index in [0.717, 1.165) is 0 Å². The molecule has 0 atom stereocenters.